The van der Waals surface area contributed by atoms with E-state index in [1.54, 1.807) is 30.3 Å². The molecule has 0 amide bonds. The first-order valence-electron chi connectivity index (χ1n) is 5.74. The highest BCUT2D eigenvalue weighted by Crippen LogP contribution is 2.30. The van der Waals surface area contributed by atoms with Crippen molar-refractivity contribution in [2.45, 2.75) is 6.92 Å². The van der Waals surface area contributed by atoms with Crippen molar-refractivity contribution in [2.75, 3.05) is 18.1 Å². The van der Waals surface area contributed by atoms with Gasteiger partial charge in [0.1, 0.15) is 17.2 Å². The summed E-state index contributed by atoms with van der Waals surface area (Å²) in [6, 6.07) is 12.5. The van der Waals surface area contributed by atoms with Crippen molar-refractivity contribution in [1.29, 1.82) is 0 Å². The Morgan fingerprint density at radius 3 is 2.28 bits per heavy atom. The maximum absolute atomic E-state index is 5.79. The van der Waals surface area contributed by atoms with Crippen molar-refractivity contribution in [3.8, 4) is 17.2 Å². The van der Waals surface area contributed by atoms with Crippen LogP contribution in [-0.4, -0.2) is 6.61 Å². The van der Waals surface area contributed by atoms with E-state index in [0.29, 0.717) is 29.5 Å². The number of hydrogen-bond donors (Lipinski definition) is 2. The third kappa shape index (κ3) is 2.85. The van der Waals surface area contributed by atoms with Gasteiger partial charge in [0.25, 0.3) is 0 Å². The lowest BCUT2D eigenvalue weighted by atomic mass is 10.2. The summed E-state index contributed by atoms with van der Waals surface area (Å²) in [5.41, 5.74) is 12.7. The van der Waals surface area contributed by atoms with Crippen LogP contribution in [0.3, 0.4) is 0 Å². The van der Waals surface area contributed by atoms with Crippen molar-refractivity contribution in [3.63, 3.8) is 0 Å². The van der Waals surface area contributed by atoms with Crippen LogP contribution in [0.25, 0.3) is 0 Å². The van der Waals surface area contributed by atoms with Gasteiger partial charge in [-0.25, -0.2) is 0 Å². The molecule has 0 saturated heterocycles. The monoisotopic (exact) mass is 244 g/mol. The third-order valence-electron chi connectivity index (χ3n) is 2.40. The second-order valence-electron chi connectivity index (χ2n) is 3.80. The molecule has 4 N–H and O–H groups in total. The molecular formula is C14H16N2O2. The molecule has 4 nitrogen and oxygen atoms in total. The van der Waals surface area contributed by atoms with E-state index in [9.17, 15) is 0 Å². The molecular weight excluding hydrogens is 228 g/mol. The topological polar surface area (TPSA) is 70.5 Å². The molecule has 2 aromatic carbocycles. The summed E-state index contributed by atoms with van der Waals surface area (Å²) in [7, 11) is 0. The maximum Gasteiger partial charge on any atom is 0.145 e. The Balaban J connectivity index is 2.18. The average molecular weight is 244 g/mol. The van der Waals surface area contributed by atoms with E-state index in [-0.39, 0.29) is 0 Å². The molecule has 2 rings (SSSR count). The Morgan fingerprint density at radius 2 is 1.61 bits per heavy atom. The first kappa shape index (κ1) is 12.1. The first-order valence-corrected chi connectivity index (χ1v) is 5.74. The molecule has 0 aliphatic heterocycles. The largest absolute Gasteiger partial charge is 0.492 e. The van der Waals surface area contributed by atoms with Crippen LogP contribution in [0.4, 0.5) is 11.4 Å². The van der Waals surface area contributed by atoms with Gasteiger partial charge >= 0.3 is 0 Å². The Labute approximate surface area is 106 Å². The van der Waals surface area contributed by atoms with Crippen molar-refractivity contribution in [2.24, 2.45) is 0 Å². The summed E-state index contributed by atoms with van der Waals surface area (Å²) in [5, 5.41) is 0. The Hall–Kier alpha value is -2.36. The zero-order valence-corrected chi connectivity index (χ0v) is 10.2. The van der Waals surface area contributed by atoms with Crippen LogP contribution in [0.1, 0.15) is 6.92 Å². The highest BCUT2D eigenvalue weighted by molar-refractivity contribution is 5.56. The number of anilines is 2. The normalized spacial score (nSPS) is 10.1. The molecule has 0 unspecified atom stereocenters. The molecule has 0 fully saturated rings. The standard InChI is InChI=1S/C14H16N2O2/c1-2-17-14-9-12(7-8-13(14)16)18-11-5-3-10(15)4-6-11/h3-9H,2,15-16H2,1H3. The number of rotatable bonds is 4. The molecule has 0 bridgehead atoms. The molecule has 0 atom stereocenters. The summed E-state index contributed by atoms with van der Waals surface area (Å²) in [5.74, 6) is 2.03. The first-order chi connectivity index (χ1) is 8.69. The molecule has 94 valence electrons. The highest BCUT2D eigenvalue weighted by atomic mass is 16.5. The lowest BCUT2D eigenvalue weighted by Crippen LogP contribution is -1.97. The van der Waals surface area contributed by atoms with Crippen molar-refractivity contribution < 1.29 is 9.47 Å². The Kier molecular flexibility index (Phi) is 3.57. The van der Waals surface area contributed by atoms with Gasteiger partial charge in [0.15, 0.2) is 0 Å². The molecule has 4 heteroatoms. The van der Waals surface area contributed by atoms with Crippen molar-refractivity contribution >= 4 is 11.4 Å². The van der Waals surface area contributed by atoms with Gasteiger partial charge in [-0.1, -0.05) is 0 Å². The molecule has 0 aromatic heterocycles. The van der Waals surface area contributed by atoms with Gasteiger partial charge in [0, 0.05) is 11.8 Å². The molecule has 0 saturated carbocycles. The fraction of sp³-hybridized carbons (Fsp3) is 0.143. The molecule has 18 heavy (non-hydrogen) atoms. The predicted octanol–water partition coefficient (Wildman–Crippen LogP) is 3.04. The van der Waals surface area contributed by atoms with E-state index in [1.807, 2.05) is 19.1 Å². The Bertz CT molecular complexity index is 524. The van der Waals surface area contributed by atoms with Crippen LogP contribution in [-0.2, 0) is 0 Å². The number of nitrogen functional groups attached to an aromatic ring is 2. The fourth-order valence-corrected chi connectivity index (χ4v) is 1.53. The van der Waals surface area contributed by atoms with Gasteiger partial charge < -0.3 is 20.9 Å². The van der Waals surface area contributed by atoms with Gasteiger partial charge in [-0.05, 0) is 43.3 Å². The van der Waals surface area contributed by atoms with E-state index in [0.717, 1.165) is 5.75 Å². The molecule has 0 aliphatic rings. The van der Waals surface area contributed by atoms with Crippen LogP contribution in [0.2, 0.25) is 0 Å². The second kappa shape index (κ2) is 5.31. The maximum atomic E-state index is 5.79. The van der Waals surface area contributed by atoms with Crippen LogP contribution in [0, 0.1) is 0 Å². The Morgan fingerprint density at radius 1 is 0.944 bits per heavy atom. The van der Waals surface area contributed by atoms with Crippen molar-refractivity contribution in [1.82, 2.24) is 0 Å². The van der Waals surface area contributed by atoms with E-state index in [1.165, 1.54) is 0 Å². The zero-order chi connectivity index (χ0) is 13.0. The minimum Gasteiger partial charge on any atom is -0.492 e. The average Bonchev–Trinajstić information content (AvgIpc) is 2.37. The smallest absolute Gasteiger partial charge is 0.145 e. The predicted molar refractivity (Wildman–Crippen MR) is 73.0 cm³/mol. The second-order valence-corrected chi connectivity index (χ2v) is 3.80. The molecule has 0 aliphatic carbocycles. The number of nitrogens with two attached hydrogens (primary N) is 2. The van der Waals surface area contributed by atoms with Crippen LogP contribution < -0.4 is 20.9 Å². The van der Waals surface area contributed by atoms with Crippen LogP contribution in [0.5, 0.6) is 17.2 Å². The lowest BCUT2D eigenvalue weighted by molar-refractivity contribution is 0.340. The minimum absolute atomic E-state index is 0.565. The fourth-order valence-electron chi connectivity index (χ4n) is 1.53. The summed E-state index contributed by atoms with van der Waals surface area (Å²) in [6.45, 7) is 2.47. The summed E-state index contributed by atoms with van der Waals surface area (Å²) in [6.07, 6.45) is 0. The number of hydrogen-bond acceptors (Lipinski definition) is 4. The molecule has 2 aromatic rings. The zero-order valence-electron chi connectivity index (χ0n) is 10.2. The highest BCUT2D eigenvalue weighted by Gasteiger charge is 2.03. The van der Waals surface area contributed by atoms with E-state index < -0.39 is 0 Å². The number of benzene rings is 2. The lowest BCUT2D eigenvalue weighted by Gasteiger charge is -2.10. The van der Waals surface area contributed by atoms with Gasteiger partial charge in [0.2, 0.25) is 0 Å². The van der Waals surface area contributed by atoms with Gasteiger partial charge in [-0.15, -0.1) is 0 Å². The van der Waals surface area contributed by atoms with Gasteiger partial charge in [-0.2, -0.15) is 0 Å². The number of ether oxygens (including phenoxy) is 2. The molecule has 0 spiro atoms. The summed E-state index contributed by atoms with van der Waals surface area (Å²) in [4.78, 5) is 0. The van der Waals surface area contributed by atoms with E-state index in [2.05, 4.69) is 0 Å². The van der Waals surface area contributed by atoms with E-state index >= 15 is 0 Å². The van der Waals surface area contributed by atoms with E-state index in [4.69, 9.17) is 20.9 Å². The van der Waals surface area contributed by atoms with Crippen LogP contribution in [0.15, 0.2) is 42.5 Å². The summed E-state index contributed by atoms with van der Waals surface area (Å²) >= 11 is 0. The summed E-state index contributed by atoms with van der Waals surface area (Å²) < 4.78 is 11.1. The molecule has 0 heterocycles. The van der Waals surface area contributed by atoms with Crippen LogP contribution >= 0.6 is 0 Å². The van der Waals surface area contributed by atoms with Gasteiger partial charge in [0.05, 0.1) is 12.3 Å². The quantitative estimate of drug-likeness (QED) is 0.811. The third-order valence-corrected chi connectivity index (χ3v) is 2.40. The van der Waals surface area contributed by atoms with Gasteiger partial charge in [-0.3, -0.25) is 0 Å². The van der Waals surface area contributed by atoms with Crippen molar-refractivity contribution in [3.05, 3.63) is 42.5 Å². The SMILES string of the molecule is CCOc1cc(Oc2ccc(N)cc2)ccc1N. The minimum atomic E-state index is 0.565. The molecule has 0 radical (unpaired) electrons.